The Hall–Kier alpha value is 1.75. The fourth-order valence-corrected chi connectivity index (χ4v) is 0.622. The fourth-order valence-electron chi connectivity index (χ4n) is 0.622. The Labute approximate surface area is 124 Å². The molecule has 13 heavy (non-hydrogen) atoms. The van der Waals surface area contributed by atoms with Gasteiger partial charge in [-0.15, -0.1) is 6.04 Å². The van der Waals surface area contributed by atoms with Crippen molar-refractivity contribution in [1.82, 2.24) is 5.32 Å². The van der Waals surface area contributed by atoms with Crippen molar-refractivity contribution in [3.8, 4) is 0 Å². The van der Waals surface area contributed by atoms with Gasteiger partial charge in [0.15, 0.2) is 0 Å². The van der Waals surface area contributed by atoms with Gasteiger partial charge in [-0.3, -0.25) is 0 Å². The first kappa shape index (κ1) is 24.1. The molecule has 0 aliphatic heterocycles. The van der Waals surface area contributed by atoms with Gasteiger partial charge in [0.25, 0.3) is 0 Å². The van der Waals surface area contributed by atoms with Crippen LogP contribution in [0.4, 0.5) is 0 Å². The summed E-state index contributed by atoms with van der Waals surface area (Å²) in [6.07, 6.45) is 4.15. The molecule has 0 spiro atoms. The van der Waals surface area contributed by atoms with Gasteiger partial charge in [0.1, 0.15) is 0 Å². The molecule has 0 bridgehead atoms. The van der Waals surface area contributed by atoms with Crippen molar-refractivity contribution in [3.05, 3.63) is 12.8 Å². The number of hydrogen-bond donors (Lipinski definition) is 1. The maximum absolute atomic E-state index is 3.34. The van der Waals surface area contributed by atoms with E-state index in [9.17, 15) is 0 Å². The first-order chi connectivity index (χ1) is 5.08. The Kier molecular flexibility index (Phi) is 35.9. The first-order valence-electron chi connectivity index (χ1n) is 4.37. The maximum atomic E-state index is 3.34. The van der Waals surface area contributed by atoms with E-state index in [4.69, 9.17) is 0 Å². The smallest absolute Gasteiger partial charge is 0 e. The molecule has 0 aliphatic rings. The summed E-state index contributed by atoms with van der Waals surface area (Å²) in [5.74, 6) is 0. The molecule has 0 aliphatic carbocycles. The molecule has 1 N–H and O–H groups in total. The van der Waals surface area contributed by atoms with Crippen molar-refractivity contribution in [2.75, 3.05) is 0 Å². The molecule has 1 radical (unpaired) electrons. The second-order valence-corrected chi connectivity index (χ2v) is 3.02. The SMILES string of the molecule is C[CH-]C.C[CH-]C(C)NC(C)C.[W].[Y]. The van der Waals surface area contributed by atoms with Crippen LogP contribution in [0.1, 0.15) is 41.5 Å². The fraction of sp³-hybridized carbons (Fsp3) is 0.800. The minimum Gasteiger partial charge on any atom is -0.341 e. The van der Waals surface area contributed by atoms with E-state index in [1.54, 1.807) is 0 Å². The third kappa shape index (κ3) is 31.6. The van der Waals surface area contributed by atoms with Gasteiger partial charge in [-0.25, -0.2) is 0 Å². The molecule has 1 atom stereocenters. The molecule has 3 heteroatoms. The predicted molar refractivity (Wildman–Crippen MR) is 53.4 cm³/mol. The van der Waals surface area contributed by atoms with Crippen LogP contribution in [0.3, 0.4) is 0 Å². The van der Waals surface area contributed by atoms with Crippen molar-refractivity contribution >= 4 is 0 Å². The summed E-state index contributed by atoms with van der Waals surface area (Å²) in [7, 11) is 0. The van der Waals surface area contributed by atoms with Gasteiger partial charge in [0, 0.05) is 53.8 Å². The Balaban J connectivity index is -0.0000000720. The van der Waals surface area contributed by atoms with Crippen LogP contribution in [0, 0.1) is 12.8 Å². The van der Waals surface area contributed by atoms with Gasteiger partial charge in [0.2, 0.25) is 0 Å². The maximum Gasteiger partial charge on any atom is 0 e. The van der Waals surface area contributed by atoms with Gasteiger partial charge >= 0.3 is 0 Å². The molecule has 0 saturated carbocycles. The molecular weight excluding hydrogens is 407 g/mol. The largest absolute Gasteiger partial charge is 0.341 e. The summed E-state index contributed by atoms with van der Waals surface area (Å²) >= 11 is 0. The van der Waals surface area contributed by atoms with E-state index in [2.05, 4.69) is 39.4 Å². The topological polar surface area (TPSA) is 12.0 Å². The molecule has 0 saturated heterocycles. The Morgan fingerprint density at radius 2 is 1.31 bits per heavy atom. The van der Waals surface area contributed by atoms with Crippen molar-refractivity contribution in [3.63, 3.8) is 0 Å². The monoisotopic (exact) mass is 430 g/mol. The molecule has 0 heterocycles. The van der Waals surface area contributed by atoms with E-state index in [1.807, 2.05) is 20.3 Å². The van der Waals surface area contributed by atoms with E-state index in [0.29, 0.717) is 12.1 Å². The van der Waals surface area contributed by atoms with Crippen LogP contribution < -0.4 is 5.32 Å². The minimum absolute atomic E-state index is 0. The summed E-state index contributed by atoms with van der Waals surface area (Å²) < 4.78 is 0. The van der Waals surface area contributed by atoms with Crippen LogP contribution in [-0.4, -0.2) is 12.1 Å². The van der Waals surface area contributed by atoms with Crippen molar-refractivity contribution in [1.29, 1.82) is 0 Å². The summed E-state index contributed by atoms with van der Waals surface area (Å²) in [5, 5.41) is 3.34. The third-order valence-electron chi connectivity index (χ3n) is 1.10. The molecule has 0 aromatic rings. The standard InChI is InChI=1S/C7H16N.C3H7.W.Y/c1-5-7(4)8-6(2)3;1-3-2;;/h5-8H,1-4H3;3H,1-2H3;;/q2*-1;;. The van der Waals surface area contributed by atoms with E-state index in [0.717, 1.165) is 0 Å². The van der Waals surface area contributed by atoms with Crippen LogP contribution >= 0.6 is 0 Å². The van der Waals surface area contributed by atoms with Gasteiger partial charge in [-0.1, -0.05) is 20.8 Å². The summed E-state index contributed by atoms with van der Waals surface area (Å²) in [5.41, 5.74) is 0. The second-order valence-electron chi connectivity index (χ2n) is 3.02. The molecule has 0 rings (SSSR count). The molecular formula is C10H23NWY-2. The predicted octanol–water partition coefficient (Wildman–Crippen LogP) is 2.82. The zero-order valence-electron chi connectivity index (χ0n) is 9.79. The van der Waals surface area contributed by atoms with Crippen molar-refractivity contribution < 1.29 is 53.8 Å². The second kappa shape index (κ2) is 19.3. The molecule has 0 fully saturated rings. The van der Waals surface area contributed by atoms with Crippen LogP contribution in [0.15, 0.2) is 0 Å². The zero-order valence-corrected chi connectivity index (χ0v) is 15.6. The Bertz CT molecular complexity index is 69.9. The number of hydrogen-bond acceptors (Lipinski definition) is 1. The van der Waals surface area contributed by atoms with E-state index in [1.165, 1.54) is 0 Å². The average Bonchev–Trinajstić information content (AvgIpc) is 1.88. The van der Waals surface area contributed by atoms with E-state index in [-0.39, 0.29) is 53.8 Å². The van der Waals surface area contributed by atoms with Crippen LogP contribution in [0.25, 0.3) is 0 Å². The van der Waals surface area contributed by atoms with E-state index < -0.39 is 0 Å². The molecule has 0 amide bonds. The van der Waals surface area contributed by atoms with Crippen molar-refractivity contribution in [2.45, 2.75) is 53.6 Å². The normalized spacial score (nSPS) is 10.4. The molecule has 0 aromatic heterocycles. The van der Waals surface area contributed by atoms with Gasteiger partial charge in [-0.05, 0) is 6.04 Å². The first-order valence-corrected chi connectivity index (χ1v) is 4.37. The Morgan fingerprint density at radius 1 is 1.00 bits per heavy atom. The average molecular weight is 430 g/mol. The van der Waals surface area contributed by atoms with Crippen molar-refractivity contribution in [2.24, 2.45) is 0 Å². The van der Waals surface area contributed by atoms with E-state index >= 15 is 0 Å². The van der Waals surface area contributed by atoms with Crippen LogP contribution in [0.2, 0.25) is 0 Å². The summed E-state index contributed by atoms with van der Waals surface area (Å²) in [4.78, 5) is 0. The number of rotatable bonds is 3. The third-order valence-corrected chi connectivity index (χ3v) is 1.10. The van der Waals surface area contributed by atoms with Crippen LogP contribution in [0.5, 0.6) is 0 Å². The van der Waals surface area contributed by atoms with Gasteiger partial charge in [-0.2, -0.15) is 20.8 Å². The Morgan fingerprint density at radius 3 is 1.38 bits per heavy atom. The minimum atomic E-state index is 0. The zero-order chi connectivity index (χ0) is 9.28. The summed E-state index contributed by atoms with van der Waals surface area (Å²) in [6, 6.07) is 1.15. The quantitative estimate of drug-likeness (QED) is 0.680. The molecule has 1 nitrogen and oxygen atoms in total. The summed E-state index contributed by atoms with van der Waals surface area (Å²) in [6.45, 7) is 12.5. The van der Waals surface area contributed by atoms with Crippen LogP contribution in [-0.2, 0) is 53.8 Å². The van der Waals surface area contributed by atoms with Gasteiger partial charge < -0.3 is 18.2 Å². The molecule has 0 aromatic carbocycles. The van der Waals surface area contributed by atoms with Gasteiger partial charge in [0.05, 0.1) is 0 Å². The number of nitrogens with one attached hydrogen (secondary N) is 1. The molecule has 79 valence electrons. The molecule has 1 unspecified atom stereocenters.